The number of rotatable bonds is 4. The van der Waals surface area contributed by atoms with Crippen molar-refractivity contribution in [2.45, 2.75) is 32.2 Å². The third kappa shape index (κ3) is 2.80. The number of amides is 2. The molecule has 0 saturated heterocycles. The van der Waals surface area contributed by atoms with Gasteiger partial charge in [0.05, 0.1) is 5.69 Å². The quantitative estimate of drug-likeness (QED) is 0.711. The molecule has 0 unspecified atom stereocenters. The largest absolute Gasteiger partial charge is 0.508 e. The van der Waals surface area contributed by atoms with Crippen molar-refractivity contribution in [3.63, 3.8) is 0 Å². The van der Waals surface area contributed by atoms with E-state index >= 15 is 0 Å². The molecule has 1 saturated carbocycles. The molecule has 2 aromatic rings. The third-order valence-electron chi connectivity index (χ3n) is 5.99. The number of phenolic OH excluding ortho intramolecular Hbond substituents is 2. The van der Waals surface area contributed by atoms with Crippen LogP contribution in [0, 0.1) is 11.8 Å². The van der Waals surface area contributed by atoms with Crippen LogP contribution in [-0.2, 0) is 11.2 Å². The Morgan fingerprint density at radius 3 is 2.64 bits per heavy atom. The second kappa shape index (κ2) is 6.55. The summed E-state index contributed by atoms with van der Waals surface area (Å²) in [4.78, 5) is 28.2. The van der Waals surface area contributed by atoms with Crippen LogP contribution in [0.5, 0.6) is 11.5 Å². The van der Waals surface area contributed by atoms with Crippen LogP contribution in [0.1, 0.15) is 36.2 Å². The van der Waals surface area contributed by atoms with E-state index in [2.05, 4.69) is 5.32 Å². The van der Waals surface area contributed by atoms with E-state index in [1.54, 1.807) is 35.2 Å². The fraction of sp³-hybridized carbons (Fsp3) is 0.364. The molecular formula is C22H24N2O4. The first-order valence-corrected chi connectivity index (χ1v) is 9.58. The van der Waals surface area contributed by atoms with Gasteiger partial charge in [-0.1, -0.05) is 32.0 Å². The van der Waals surface area contributed by atoms with Gasteiger partial charge in [-0.25, -0.2) is 0 Å². The van der Waals surface area contributed by atoms with Crippen molar-refractivity contribution in [2.24, 2.45) is 11.8 Å². The van der Waals surface area contributed by atoms with Crippen LogP contribution in [0.15, 0.2) is 42.5 Å². The molecule has 6 nitrogen and oxygen atoms in total. The van der Waals surface area contributed by atoms with Crippen LogP contribution < -0.4 is 5.32 Å². The van der Waals surface area contributed by atoms with E-state index in [0.29, 0.717) is 30.6 Å². The van der Waals surface area contributed by atoms with E-state index < -0.39 is 5.54 Å². The Morgan fingerprint density at radius 2 is 1.96 bits per heavy atom. The molecule has 2 aliphatic rings. The maximum absolute atomic E-state index is 13.3. The maximum atomic E-state index is 13.3. The van der Waals surface area contributed by atoms with Gasteiger partial charge in [-0.15, -0.1) is 0 Å². The topological polar surface area (TPSA) is 89.9 Å². The minimum absolute atomic E-state index is 0.00649. The first kappa shape index (κ1) is 18.3. The second-order valence-corrected chi connectivity index (χ2v) is 8.00. The summed E-state index contributed by atoms with van der Waals surface area (Å²) in [5, 5.41) is 22.6. The van der Waals surface area contributed by atoms with Crippen molar-refractivity contribution < 1.29 is 19.8 Å². The van der Waals surface area contributed by atoms with Crippen LogP contribution in [0.2, 0.25) is 0 Å². The zero-order valence-electron chi connectivity index (χ0n) is 16.0. The van der Waals surface area contributed by atoms with Crippen molar-refractivity contribution in [3.8, 4) is 11.5 Å². The Kier molecular flexibility index (Phi) is 4.29. The molecule has 6 heteroatoms. The monoisotopic (exact) mass is 380 g/mol. The minimum atomic E-state index is -0.934. The molecule has 2 atom stereocenters. The second-order valence-electron chi connectivity index (χ2n) is 8.00. The number of anilines is 1. The van der Waals surface area contributed by atoms with Crippen molar-refractivity contribution >= 4 is 17.5 Å². The fourth-order valence-corrected chi connectivity index (χ4v) is 4.41. The zero-order valence-corrected chi connectivity index (χ0v) is 16.0. The lowest BCUT2D eigenvalue weighted by molar-refractivity contribution is -0.122. The van der Waals surface area contributed by atoms with Gasteiger partial charge >= 0.3 is 0 Å². The summed E-state index contributed by atoms with van der Waals surface area (Å²) in [5.41, 5.74) is 0.743. The van der Waals surface area contributed by atoms with Crippen LogP contribution in [0.25, 0.3) is 0 Å². The number of fused-ring (bicyclic) bond motifs is 1. The van der Waals surface area contributed by atoms with Crippen molar-refractivity contribution in [2.75, 3.05) is 11.9 Å². The smallest absolute Gasteiger partial charge is 0.255 e. The number of aromatic hydroxyl groups is 2. The summed E-state index contributed by atoms with van der Waals surface area (Å²) >= 11 is 0. The predicted molar refractivity (Wildman–Crippen MR) is 105 cm³/mol. The molecular weight excluding hydrogens is 356 g/mol. The highest BCUT2D eigenvalue weighted by molar-refractivity contribution is 6.07. The molecule has 4 rings (SSSR count). The Bertz CT molecular complexity index is 955. The summed E-state index contributed by atoms with van der Waals surface area (Å²) in [6.45, 7) is 4.55. The lowest BCUT2D eigenvalue weighted by Gasteiger charge is -2.36. The molecule has 2 amide bonds. The van der Waals surface area contributed by atoms with Gasteiger partial charge in [-0.05, 0) is 54.5 Å². The predicted octanol–water partition coefficient (Wildman–Crippen LogP) is 3.15. The molecule has 1 aliphatic heterocycles. The maximum Gasteiger partial charge on any atom is 0.255 e. The standard InChI is InChI=1S/C22H24N2O4/c1-13(2)17-12-22(17,21(28)23-18-5-3-4-6-19(18)26)24-10-9-14-7-8-15(25)11-16(14)20(24)27/h3-8,11,13,17,25-26H,9-10,12H2,1-2H3,(H,23,28)/t17-,22+/m0/s1. The Morgan fingerprint density at radius 1 is 1.21 bits per heavy atom. The first-order valence-electron chi connectivity index (χ1n) is 9.58. The van der Waals surface area contributed by atoms with Crippen LogP contribution in [0.3, 0.4) is 0 Å². The number of hydrogen-bond donors (Lipinski definition) is 3. The first-order chi connectivity index (χ1) is 13.3. The van der Waals surface area contributed by atoms with Gasteiger partial charge in [-0.3, -0.25) is 9.59 Å². The molecule has 0 bridgehead atoms. The molecule has 0 aromatic heterocycles. The van der Waals surface area contributed by atoms with E-state index in [-0.39, 0.29) is 35.1 Å². The van der Waals surface area contributed by atoms with Crippen molar-refractivity contribution in [1.82, 2.24) is 4.90 Å². The number of para-hydroxylation sites is 2. The molecule has 28 heavy (non-hydrogen) atoms. The Balaban J connectivity index is 1.68. The van der Waals surface area contributed by atoms with Crippen molar-refractivity contribution in [3.05, 3.63) is 53.6 Å². The fourth-order valence-electron chi connectivity index (χ4n) is 4.41. The SMILES string of the molecule is CC(C)[C@@H]1C[C@@]1(C(=O)Nc1ccccc1O)N1CCc2ccc(O)cc2C1=O. The number of benzene rings is 2. The van der Waals surface area contributed by atoms with Crippen LogP contribution in [-0.4, -0.2) is 39.0 Å². The lowest BCUT2D eigenvalue weighted by atomic mass is 9.94. The lowest BCUT2D eigenvalue weighted by Crippen LogP contribution is -2.54. The molecule has 146 valence electrons. The summed E-state index contributed by atoms with van der Waals surface area (Å²) in [7, 11) is 0. The van der Waals surface area contributed by atoms with Gasteiger partial charge in [0.15, 0.2) is 0 Å². The molecule has 2 aromatic carbocycles. The van der Waals surface area contributed by atoms with Gasteiger partial charge in [0.25, 0.3) is 11.8 Å². The zero-order chi connectivity index (χ0) is 20.1. The molecule has 0 radical (unpaired) electrons. The van der Waals surface area contributed by atoms with E-state index in [4.69, 9.17) is 0 Å². The molecule has 0 spiro atoms. The normalized spacial score (nSPS) is 23.5. The van der Waals surface area contributed by atoms with Crippen molar-refractivity contribution in [1.29, 1.82) is 0 Å². The summed E-state index contributed by atoms with van der Waals surface area (Å²) < 4.78 is 0. The van der Waals surface area contributed by atoms with Gasteiger partial charge < -0.3 is 20.4 Å². The molecule has 3 N–H and O–H groups in total. The average molecular weight is 380 g/mol. The van der Waals surface area contributed by atoms with E-state index in [0.717, 1.165) is 5.56 Å². The van der Waals surface area contributed by atoms with Gasteiger partial charge in [0.2, 0.25) is 0 Å². The number of carbonyl (C=O) groups is 2. The average Bonchev–Trinajstić information content (AvgIpc) is 3.41. The molecule has 1 aliphatic carbocycles. The number of nitrogens with zero attached hydrogens (tertiary/aromatic N) is 1. The number of nitrogens with one attached hydrogen (secondary N) is 1. The van der Waals surface area contributed by atoms with E-state index in [1.807, 2.05) is 13.8 Å². The number of carbonyl (C=O) groups excluding carboxylic acids is 2. The Hall–Kier alpha value is -3.02. The van der Waals surface area contributed by atoms with Gasteiger partial charge in [0.1, 0.15) is 17.0 Å². The summed E-state index contributed by atoms with van der Waals surface area (Å²) in [6.07, 6.45) is 1.22. The summed E-state index contributed by atoms with van der Waals surface area (Å²) in [5.74, 6) is -0.196. The van der Waals surface area contributed by atoms with E-state index in [9.17, 15) is 19.8 Å². The molecule has 1 heterocycles. The van der Waals surface area contributed by atoms with Crippen LogP contribution in [0.4, 0.5) is 5.69 Å². The van der Waals surface area contributed by atoms with Crippen LogP contribution >= 0.6 is 0 Å². The highest BCUT2D eigenvalue weighted by Crippen LogP contribution is 2.54. The third-order valence-corrected chi connectivity index (χ3v) is 5.99. The minimum Gasteiger partial charge on any atom is -0.508 e. The highest BCUT2D eigenvalue weighted by Gasteiger charge is 2.66. The van der Waals surface area contributed by atoms with E-state index in [1.165, 1.54) is 12.1 Å². The van der Waals surface area contributed by atoms with Gasteiger partial charge in [0, 0.05) is 12.1 Å². The summed E-state index contributed by atoms with van der Waals surface area (Å²) in [6, 6.07) is 11.4. The Labute approximate surface area is 163 Å². The number of hydrogen-bond acceptors (Lipinski definition) is 4. The van der Waals surface area contributed by atoms with Gasteiger partial charge in [-0.2, -0.15) is 0 Å². The number of phenols is 2. The molecule has 1 fully saturated rings. The highest BCUT2D eigenvalue weighted by atomic mass is 16.3.